The highest BCUT2D eigenvalue weighted by Gasteiger charge is 2.24. The second kappa shape index (κ2) is 8.10. The predicted octanol–water partition coefficient (Wildman–Crippen LogP) is 1.60. The van der Waals surface area contributed by atoms with Crippen molar-refractivity contribution in [2.24, 2.45) is 5.73 Å². The summed E-state index contributed by atoms with van der Waals surface area (Å²) in [6.45, 7) is 7.55. The van der Waals surface area contributed by atoms with E-state index in [9.17, 15) is 13.2 Å². The van der Waals surface area contributed by atoms with Gasteiger partial charge in [-0.1, -0.05) is 0 Å². The average molecular weight is 364 g/mol. The second-order valence-electron chi connectivity index (χ2n) is 6.18. The molecule has 0 aliphatic heterocycles. The van der Waals surface area contributed by atoms with Crippen molar-refractivity contribution in [3.05, 3.63) is 29.8 Å². The Morgan fingerprint density at radius 3 is 2.13 bits per heavy atom. The molecule has 23 heavy (non-hydrogen) atoms. The molecule has 6 nitrogen and oxygen atoms in total. The Morgan fingerprint density at radius 2 is 1.74 bits per heavy atom. The van der Waals surface area contributed by atoms with Gasteiger partial charge in [-0.15, -0.1) is 12.4 Å². The number of nitrogens with two attached hydrogens (primary N) is 1. The van der Waals surface area contributed by atoms with E-state index in [-0.39, 0.29) is 29.3 Å². The first kappa shape index (κ1) is 21.9. The van der Waals surface area contributed by atoms with E-state index >= 15 is 0 Å². The maximum absolute atomic E-state index is 12.3. The minimum Gasteiger partial charge on any atom is -0.346 e. The molecule has 1 amide bonds. The van der Waals surface area contributed by atoms with Crippen LogP contribution in [0, 0.1) is 0 Å². The number of carbonyl (C=O) groups is 1. The molecule has 0 heterocycles. The van der Waals surface area contributed by atoms with Gasteiger partial charge in [0.1, 0.15) is 0 Å². The highest BCUT2D eigenvalue weighted by molar-refractivity contribution is 7.89. The molecule has 1 rings (SSSR count). The van der Waals surface area contributed by atoms with E-state index in [1.807, 2.05) is 13.8 Å². The molecule has 3 N–H and O–H groups in total. The largest absolute Gasteiger partial charge is 0.346 e. The van der Waals surface area contributed by atoms with Crippen LogP contribution in [0.3, 0.4) is 0 Å². The number of carbonyl (C=O) groups excluding carboxylic acids is 1. The smallest absolute Gasteiger partial charge is 0.251 e. The fraction of sp³-hybridized carbons (Fsp3) is 0.533. The number of benzene rings is 1. The van der Waals surface area contributed by atoms with Crippen LogP contribution < -0.4 is 11.1 Å². The Hall–Kier alpha value is -1.15. The molecular weight excluding hydrogens is 338 g/mol. The monoisotopic (exact) mass is 363 g/mol. The summed E-state index contributed by atoms with van der Waals surface area (Å²) < 4.78 is 26.0. The standard InChI is InChI=1S/C15H25N3O3S.ClH/c1-11(2)18(5)22(20,21)13-8-6-12(7-9-13)14(19)17-15(3,4)10-16;/h6-9,11H,10,16H2,1-5H3,(H,17,19);1H. The van der Waals surface area contributed by atoms with Gasteiger partial charge in [0.2, 0.25) is 10.0 Å². The Bertz CT molecular complexity index is 628. The molecule has 0 radical (unpaired) electrons. The van der Waals surface area contributed by atoms with Crippen molar-refractivity contribution in [1.29, 1.82) is 0 Å². The summed E-state index contributed by atoms with van der Waals surface area (Å²) in [5, 5.41) is 2.80. The number of nitrogens with zero attached hydrogens (tertiary/aromatic N) is 1. The lowest BCUT2D eigenvalue weighted by Crippen LogP contribution is -2.48. The molecular formula is C15H26ClN3O3S. The van der Waals surface area contributed by atoms with E-state index in [1.54, 1.807) is 13.8 Å². The number of halogens is 1. The average Bonchev–Trinajstić information content (AvgIpc) is 2.46. The summed E-state index contributed by atoms with van der Waals surface area (Å²) in [6.07, 6.45) is 0. The van der Waals surface area contributed by atoms with Crippen LogP contribution in [-0.2, 0) is 10.0 Å². The minimum absolute atomic E-state index is 0. The third-order valence-electron chi connectivity index (χ3n) is 3.48. The Balaban J connectivity index is 0.00000484. The van der Waals surface area contributed by atoms with E-state index in [0.29, 0.717) is 12.1 Å². The van der Waals surface area contributed by atoms with Crippen LogP contribution in [0.5, 0.6) is 0 Å². The number of sulfonamides is 1. The minimum atomic E-state index is -3.54. The molecule has 8 heteroatoms. The SMILES string of the molecule is CC(C)N(C)S(=O)(=O)c1ccc(C(=O)NC(C)(C)CN)cc1.Cl. The van der Waals surface area contributed by atoms with Crippen LogP contribution in [-0.4, -0.2) is 43.8 Å². The van der Waals surface area contributed by atoms with Crippen molar-refractivity contribution in [3.8, 4) is 0 Å². The molecule has 132 valence electrons. The highest BCUT2D eigenvalue weighted by Crippen LogP contribution is 2.17. The fourth-order valence-electron chi connectivity index (χ4n) is 1.65. The molecule has 0 fully saturated rings. The van der Waals surface area contributed by atoms with Gasteiger partial charge < -0.3 is 11.1 Å². The van der Waals surface area contributed by atoms with Gasteiger partial charge in [-0.3, -0.25) is 4.79 Å². The van der Waals surface area contributed by atoms with E-state index < -0.39 is 15.6 Å². The molecule has 0 aromatic heterocycles. The zero-order valence-electron chi connectivity index (χ0n) is 14.2. The summed E-state index contributed by atoms with van der Waals surface area (Å²) in [6, 6.07) is 5.75. The maximum atomic E-state index is 12.3. The lowest BCUT2D eigenvalue weighted by atomic mass is 10.1. The topological polar surface area (TPSA) is 92.5 Å². The van der Waals surface area contributed by atoms with E-state index in [4.69, 9.17) is 5.73 Å². The van der Waals surface area contributed by atoms with Gasteiger partial charge in [0.15, 0.2) is 0 Å². The zero-order valence-corrected chi connectivity index (χ0v) is 15.8. The summed E-state index contributed by atoms with van der Waals surface area (Å²) in [4.78, 5) is 12.3. The lowest BCUT2D eigenvalue weighted by Gasteiger charge is -2.24. The van der Waals surface area contributed by atoms with Gasteiger partial charge in [0.25, 0.3) is 5.91 Å². The third kappa shape index (κ3) is 5.46. The summed E-state index contributed by atoms with van der Waals surface area (Å²) >= 11 is 0. The van der Waals surface area contributed by atoms with Crippen molar-refractivity contribution in [1.82, 2.24) is 9.62 Å². The van der Waals surface area contributed by atoms with Crippen molar-refractivity contribution in [3.63, 3.8) is 0 Å². The van der Waals surface area contributed by atoms with Crippen LogP contribution in [0.15, 0.2) is 29.2 Å². The van der Waals surface area contributed by atoms with Crippen molar-refractivity contribution >= 4 is 28.3 Å². The van der Waals surface area contributed by atoms with E-state index in [0.717, 1.165) is 0 Å². The first-order valence-electron chi connectivity index (χ1n) is 7.12. The lowest BCUT2D eigenvalue weighted by molar-refractivity contribution is 0.0915. The third-order valence-corrected chi connectivity index (χ3v) is 5.53. The van der Waals surface area contributed by atoms with E-state index in [2.05, 4.69) is 5.32 Å². The number of rotatable bonds is 6. The van der Waals surface area contributed by atoms with Crippen LogP contribution in [0.25, 0.3) is 0 Å². The van der Waals surface area contributed by atoms with Gasteiger partial charge in [-0.05, 0) is 52.0 Å². The van der Waals surface area contributed by atoms with Gasteiger partial charge in [0, 0.05) is 30.7 Å². The van der Waals surface area contributed by atoms with Crippen LogP contribution in [0.4, 0.5) is 0 Å². The van der Waals surface area contributed by atoms with Gasteiger partial charge >= 0.3 is 0 Å². The van der Waals surface area contributed by atoms with Gasteiger partial charge in [0.05, 0.1) is 4.90 Å². The summed E-state index contributed by atoms with van der Waals surface area (Å²) in [5.41, 5.74) is 5.46. The molecule has 0 atom stereocenters. The van der Waals surface area contributed by atoms with Gasteiger partial charge in [-0.2, -0.15) is 4.31 Å². The van der Waals surface area contributed by atoms with Gasteiger partial charge in [-0.25, -0.2) is 8.42 Å². The molecule has 1 aromatic rings. The van der Waals surface area contributed by atoms with Crippen LogP contribution in [0.1, 0.15) is 38.1 Å². The Morgan fingerprint density at radius 1 is 1.26 bits per heavy atom. The van der Waals surface area contributed by atoms with Crippen molar-refractivity contribution in [2.75, 3.05) is 13.6 Å². The predicted molar refractivity (Wildman–Crippen MR) is 94.4 cm³/mol. The van der Waals surface area contributed by atoms with E-state index in [1.165, 1.54) is 35.6 Å². The molecule has 0 saturated heterocycles. The number of amides is 1. The summed E-state index contributed by atoms with van der Waals surface area (Å²) in [7, 11) is -2.01. The maximum Gasteiger partial charge on any atom is 0.251 e. The first-order chi connectivity index (χ1) is 10.0. The number of hydrogen-bond acceptors (Lipinski definition) is 4. The molecule has 0 unspecified atom stereocenters. The quantitative estimate of drug-likeness (QED) is 0.802. The van der Waals surface area contributed by atoms with Crippen molar-refractivity contribution < 1.29 is 13.2 Å². The number of hydrogen-bond donors (Lipinski definition) is 2. The molecule has 0 saturated carbocycles. The normalized spacial score (nSPS) is 12.2. The molecule has 0 aliphatic carbocycles. The zero-order chi connectivity index (χ0) is 17.1. The second-order valence-corrected chi connectivity index (χ2v) is 8.18. The fourth-order valence-corrected chi connectivity index (χ4v) is 3.02. The van der Waals surface area contributed by atoms with Crippen LogP contribution in [0.2, 0.25) is 0 Å². The van der Waals surface area contributed by atoms with Crippen LogP contribution >= 0.6 is 12.4 Å². The van der Waals surface area contributed by atoms with Crippen molar-refractivity contribution in [2.45, 2.75) is 44.2 Å². The Kier molecular flexibility index (Phi) is 7.69. The molecule has 0 bridgehead atoms. The molecule has 1 aromatic carbocycles. The highest BCUT2D eigenvalue weighted by atomic mass is 35.5. The number of nitrogens with one attached hydrogen (secondary N) is 1. The molecule has 0 aliphatic rings. The summed E-state index contributed by atoms with van der Waals surface area (Å²) in [5.74, 6) is -0.281. The Labute approximate surface area is 144 Å². The first-order valence-corrected chi connectivity index (χ1v) is 8.56. The molecule has 0 spiro atoms.